The highest BCUT2D eigenvalue weighted by Crippen LogP contribution is 2.29. The number of aryl methyl sites for hydroxylation is 1. The van der Waals surface area contributed by atoms with Crippen LogP contribution < -0.4 is 14.2 Å². The van der Waals surface area contributed by atoms with E-state index in [4.69, 9.17) is 14.2 Å². The molecule has 0 saturated heterocycles. The topological polar surface area (TPSA) is 84.0 Å². The Morgan fingerprint density at radius 3 is 2.48 bits per heavy atom. The lowest BCUT2D eigenvalue weighted by atomic mass is 10.2. The first kappa shape index (κ1) is 23.7. The summed E-state index contributed by atoms with van der Waals surface area (Å²) in [6.07, 6.45) is 5.81. The van der Waals surface area contributed by atoms with E-state index in [1.165, 1.54) is 26.4 Å². The molecule has 170 valence electrons. The van der Waals surface area contributed by atoms with Crippen LogP contribution in [0.15, 0.2) is 60.0 Å². The second kappa shape index (κ2) is 11.6. The highest BCUT2D eigenvalue weighted by atomic mass is 32.1. The van der Waals surface area contributed by atoms with Gasteiger partial charge in [0.15, 0.2) is 11.5 Å². The first-order valence-corrected chi connectivity index (χ1v) is 10.8. The molecule has 3 rings (SSSR count). The summed E-state index contributed by atoms with van der Waals surface area (Å²) in [4.78, 5) is 28.0. The molecule has 0 saturated carbocycles. The molecular weight excluding hydrogens is 442 g/mol. The smallest absolute Gasteiger partial charge is 0.336 e. The maximum absolute atomic E-state index is 12.4. The van der Waals surface area contributed by atoms with E-state index in [0.717, 1.165) is 16.3 Å². The molecule has 0 spiro atoms. The third kappa shape index (κ3) is 7.05. The van der Waals surface area contributed by atoms with Gasteiger partial charge < -0.3 is 18.9 Å². The first-order valence-electron chi connectivity index (χ1n) is 9.95. The number of carbonyl (C=O) groups excluding carboxylic acids is 2. The molecule has 2 aromatic carbocycles. The fourth-order valence-corrected chi connectivity index (χ4v) is 3.38. The van der Waals surface area contributed by atoms with Crippen molar-refractivity contribution < 1.29 is 28.5 Å². The highest BCUT2D eigenvalue weighted by Gasteiger charge is 2.10. The Kier molecular flexibility index (Phi) is 8.37. The van der Waals surface area contributed by atoms with Gasteiger partial charge in [-0.25, -0.2) is 14.6 Å². The number of carbonyl (C=O) groups is 2. The molecule has 0 aliphatic carbocycles. The van der Waals surface area contributed by atoms with E-state index in [-0.39, 0.29) is 5.75 Å². The Hall–Kier alpha value is -3.91. The maximum atomic E-state index is 12.4. The molecule has 0 aliphatic rings. The lowest BCUT2D eigenvalue weighted by molar-refractivity contribution is -0.134. The van der Waals surface area contributed by atoms with Gasteiger partial charge >= 0.3 is 11.9 Å². The molecule has 0 aliphatic heterocycles. The molecule has 1 heterocycles. The van der Waals surface area contributed by atoms with Crippen LogP contribution in [-0.2, 0) is 20.9 Å². The zero-order valence-electron chi connectivity index (χ0n) is 18.4. The van der Waals surface area contributed by atoms with E-state index in [2.05, 4.69) is 9.72 Å². The third-order valence-electron chi connectivity index (χ3n) is 4.37. The molecule has 0 N–H and O–H groups in total. The zero-order chi connectivity index (χ0) is 23.6. The number of nitrogens with zero attached hydrogens (tertiary/aromatic N) is 1. The standard InChI is InChI=1S/C25H23NO6S/c1-17-26-20(16-33-17)15-31-21-7-5-4-6-19(21)10-13-25(28)32-22-11-8-18(14-23(22)29-2)9-12-24(27)30-3/h4-14,16H,15H2,1-3H3/b12-9+,13-10+. The fraction of sp³-hybridized carbons (Fsp3) is 0.160. The quantitative estimate of drug-likeness (QED) is 0.254. The Balaban J connectivity index is 1.66. The van der Waals surface area contributed by atoms with Gasteiger partial charge in [-0.2, -0.15) is 0 Å². The van der Waals surface area contributed by atoms with Gasteiger partial charge in [0.25, 0.3) is 0 Å². The Labute approximate surface area is 195 Å². The number of ether oxygens (including phenoxy) is 4. The van der Waals surface area contributed by atoms with Crippen molar-refractivity contribution in [3.8, 4) is 17.2 Å². The van der Waals surface area contributed by atoms with Gasteiger partial charge in [0.05, 0.1) is 24.9 Å². The van der Waals surface area contributed by atoms with Crippen molar-refractivity contribution in [1.82, 2.24) is 4.98 Å². The van der Waals surface area contributed by atoms with Crippen molar-refractivity contribution >= 4 is 35.4 Å². The van der Waals surface area contributed by atoms with Gasteiger partial charge in [-0.05, 0) is 42.8 Å². The van der Waals surface area contributed by atoms with Gasteiger partial charge in [0.1, 0.15) is 12.4 Å². The normalized spacial score (nSPS) is 11.0. The zero-order valence-corrected chi connectivity index (χ0v) is 19.3. The van der Waals surface area contributed by atoms with Gasteiger partial charge in [-0.3, -0.25) is 0 Å². The Morgan fingerprint density at radius 2 is 1.76 bits per heavy atom. The molecule has 0 bridgehead atoms. The van der Waals surface area contributed by atoms with E-state index in [9.17, 15) is 9.59 Å². The monoisotopic (exact) mass is 465 g/mol. The maximum Gasteiger partial charge on any atom is 0.336 e. The molecule has 0 amide bonds. The van der Waals surface area contributed by atoms with Crippen molar-refractivity contribution in [2.24, 2.45) is 0 Å². The van der Waals surface area contributed by atoms with Crippen LogP contribution in [0.5, 0.6) is 17.2 Å². The van der Waals surface area contributed by atoms with Crippen LogP contribution in [0.2, 0.25) is 0 Å². The van der Waals surface area contributed by atoms with Crippen LogP contribution in [0.1, 0.15) is 21.8 Å². The van der Waals surface area contributed by atoms with Gasteiger partial charge in [0.2, 0.25) is 0 Å². The number of esters is 2. The summed E-state index contributed by atoms with van der Waals surface area (Å²) < 4.78 is 21.2. The SMILES string of the molecule is COC(=O)/C=C/c1ccc(OC(=O)/C=C/c2ccccc2OCc2csc(C)n2)c(OC)c1. The number of hydrogen-bond donors (Lipinski definition) is 0. The second-order valence-electron chi connectivity index (χ2n) is 6.71. The molecule has 3 aromatic rings. The van der Waals surface area contributed by atoms with E-state index >= 15 is 0 Å². The van der Waals surface area contributed by atoms with E-state index in [0.29, 0.717) is 23.7 Å². The number of para-hydroxylation sites is 1. The molecule has 0 atom stereocenters. The van der Waals surface area contributed by atoms with Crippen molar-refractivity contribution in [2.45, 2.75) is 13.5 Å². The minimum atomic E-state index is -0.573. The number of hydrogen-bond acceptors (Lipinski definition) is 8. The summed E-state index contributed by atoms with van der Waals surface area (Å²) in [6.45, 7) is 2.28. The number of methoxy groups -OCH3 is 2. The van der Waals surface area contributed by atoms with E-state index in [1.807, 2.05) is 36.6 Å². The number of thiazole rings is 1. The highest BCUT2D eigenvalue weighted by molar-refractivity contribution is 7.09. The molecule has 0 unspecified atom stereocenters. The summed E-state index contributed by atoms with van der Waals surface area (Å²) in [5.74, 6) is 0.194. The molecule has 0 radical (unpaired) electrons. The summed E-state index contributed by atoms with van der Waals surface area (Å²) in [5, 5.41) is 2.93. The predicted molar refractivity (Wildman–Crippen MR) is 126 cm³/mol. The van der Waals surface area contributed by atoms with Crippen LogP contribution in [-0.4, -0.2) is 31.1 Å². The van der Waals surface area contributed by atoms with Gasteiger partial charge in [-0.15, -0.1) is 11.3 Å². The average molecular weight is 466 g/mol. The van der Waals surface area contributed by atoms with E-state index < -0.39 is 11.9 Å². The molecule has 0 fully saturated rings. The largest absolute Gasteiger partial charge is 0.493 e. The molecule has 33 heavy (non-hydrogen) atoms. The summed E-state index contributed by atoms with van der Waals surface area (Å²) in [6, 6.07) is 12.3. The number of aromatic nitrogens is 1. The van der Waals surface area contributed by atoms with Crippen molar-refractivity contribution in [3.05, 3.63) is 81.8 Å². The average Bonchev–Trinajstić information content (AvgIpc) is 3.25. The summed E-state index contributed by atoms with van der Waals surface area (Å²) >= 11 is 1.57. The third-order valence-corrected chi connectivity index (χ3v) is 5.19. The van der Waals surface area contributed by atoms with Crippen LogP contribution >= 0.6 is 11.3 Å². The number of benzene rings is 2. The Bertz CT molecular complexity index is 1180. The molecule has 1 aromatic heterocycles. The first-order chi connectivity index (χ1) is 16.0. The fourth-order valence-electron chi connectivity index (χ4n) is 2.78. The molecule has 8 heteroatoms. The van der Waals surface area contributed by atoms with Crippen molar-refractivity contribution in [1.29, 1.82) is 0 Å². The van der Waals surface area contributed by atoms with Gasteiger partial charge in [-0.1, -0.05) is 24.3 Å². The van der Waals surface area contributed by atoms with Crippen molar-refractivity contribution in [3.63, 3.8) is 0 Å². The second-order valence-corrected chi connectivity index (χ2v) is 7.77. The lowest BCUT2D eigenvalue weighted by Gasteiger charge is -2.09. The number of rotatable bonds is 9. The van der Waals surface area contributed by atoms with Crippen molar-refractivity contribution in [2.75, 3.05) is 14.2 Å². The molecular formula is C25H23NO6S. The summed E-state index contributed by atoms with van der Waals surface area (Å²) in [5.41, 5.74) is 2.28. The Morgan fingerprint density at radius 1 is 0.970 bits per heavy atom. The lowest BCUT2D eigenvalue weighted by Crippen LogP contribution is -2.05. The van der Waals surface area contributed by atoms with Crippen LogP contribution in [0, 0.1) is 6.92 Å². The van der Waals surface area contributed by atoms with Crippen LogP contribution in [0.3, 0.4) is 0 Å². The summed E-state index contributed by atoms with van der Waals surface area (Å²) in [7, 11) is 2.77. The van der Waals surface area contributed by atoms with Crippen LogP contribution in [0.4, 0.5) is 0 Å². The van der Waals surface area contributed by atoms with E-state index in [1.54, 1.807) is 41.7 Å². The predicted octanol–water partition coefficient (Wildman–Crippen LogP) is 4.84. The van der Waals surface area contributed by atoms with Crippen LogP contribution in [0.25, 0.3) is 12.2 Å². The minimum Gasteiger partial charge on any atom is -0.493 e. The van der Waals surface area contributed by atoms with Gasteiger partial charge in [0, 0.05) is 23.1 Å². The minimum absolute atomic E-state index is 0.255. The molecule has 7 nitrogen and oxygen atoms in total.